The van der Waals surface area contributed by atoms with E-state index in [2.05, 4.69) is 31.3 Å². The molecule has 1 unspecified atom stereocenters. The van der Waals surface area contributed by atoms with Crippen LogP contribution in [0.5, 0.6) is 0 Å². The van der Waals surface area contributed by atoms with Crippen molar-refractivity contribution in [3.63, 3.8) is 0 Å². The van der Waals surface area contributed by atoms with E-state index in [1.165, 1.54) is 7.05 Å². The quantitative estimate of drug-likeness (QED) is 0.0255. The summed E-state index contributed by atoms with van der Waals surface area (Å²) in [5, 5.41) is 15.2. The summed E-state index contributed by atoms with van der Waals surface area (Å²) >= 11 is 1.89. The van der Waals surface area contributed by atoms with Gasteiger partial charge in [-0.05, 0) is 43.6 Å². The number of urea groups is 1. The lowest BCUT2D eigenvalue weighted by Crippen LogP contribution is -2.46. The molecule has 16 nitrogen and oxygen atoms in total. The van der Waals surface area contributed by atoms with Crippen molar-refractivity contribution in [2.45, 2.75) is 121 Å². The number of unbranched alkanes of at least 4 members (excludes halogenated alkanes) is 2. The van der Waals surface area contributed by atoms with Gasteiger partial charge in [-0.25, -0.2) is 4.79 Å². The van der Waals surface area contributed by atoms with Gasteiger partial charge in [0.15, 0.2) is 11.6 Å². The van der Waals surface area contributed by atoms with E-state index in [1.807, 2.05) is 25.6 Å². The molecule has 4 amide bonds. The molecule has 0 aromatic rings. The Morgan fingerprint density at radius 2 is 1.64 bits per heavy atom. The summed E-state index contributed by atoms with van der Waals surface area (Å²) in [6.07, 6.45) is 6.75. The molecule has 0 bridgehead atoms. The molecule has 0 aromatic carbocycles. The summed E-state index contributed by atoms with van der Waals surface area (Å²) in [6.45, 7) is 5.66. The number of carbonyl (C=O) groups excluding carboxylic acids is 6. The zero-order chi connectivity index (χ0) is 38.8. The van der Waals surface area contributed by atoms with Crippen molar-refractivity contribution in [3.05, 3.63) is 10.4 Å². The molecule has 2 saturated heterocycles. The van der Waals surface area contributed by atoms with Crippen LogP contribution in [0.25, 0.3) is 10.4 Å². The van der Waals surface area contributed by atoms with Crippen molar-refractivity contribution in [1.29, 1.82) is 0 Å². The Labute approximate surface area is 317 Å². The Hall–Kier alpha value is -3.24. The molecule has 17 heteroatoms. The van der Waals surface area contributed by atoms with Crippen molar-refractivity contribution in [2.24, 2.45) is 17.0 Å². The number of Topliss-reactive ketones (excluding diaryl/α,β-unsaturated/α-hetero) is 3. The number of ketones is 3. The molecule has 0 spiro atoms. The molecule has 6 atom stereocenters. The molecule has 0 radical (unpaired) electrons. The average Bonchev–Trinajstić information content (AvgIpc) is 3.71. The third-order valence-corrected chi connectivity index (χ3v) is 11.1. The summed E-state index contributed by atoms with van der Waals surface area (Å²) in [5.74, 6) is -0.673. The van der Waals surface area contributed by atoms with Gasteiger partial charge in [0, 0.05) is 74.1 Å². The molecule has 0 aromatic heterocycles. The first-order valence-electron chi connectivity index (χ1n) is 19.1. The Morgan fingerprint density at radius 3 is 2.36 bits per heavy atom. The number of ether oxygens (including phenoxy) is 3. The third kappa shape index (κ3) is 19.1. The van der Waals surface area contributed by atoms with Crippen molar-refractivity contribution < 1.29 is 43.0 Å². The number of nitrogens with one attached hydrogen (secondary N) is 4. The fourth-order valence-electron chi connectivity index (χ4n) is 6.30. The van der Waals surface area contributed by atoms with Gasteiger partial charge < -0.3 is 35.5 Å². The largest absolute Gasteiger partial charge is 0.379 e. The fourth-order valence-corrected chi connectivity index (χ4v) is 7.84. The van der Waals surface area contributed by atoms with Crippen LogP contribution >= 0.6 is 11.8 Å². The maximum absolute atomic E-state index is 13.2. The average molecular weight is 768 g/mol. The molecule has 2 fully saturated rings. The molecule has 2 aliphatic heterocycles. The Morgan fingerprint density at radius 1 is 0.925 bits per heavy atom. The van der Waals surface area contributed by atoms with Crippen LogP contribution in [-0.4, -0.2) is 118 Å². The Bertz CT molecular complexity index is 1220. The highest BCUT2D eigenvalue weighted by Gasteiger charge is 2.42. The molecular weight excluding hydrogens is 707 g/mol. The second kappa shape index (κ2) is 27.4. The van der Waals surface area contributed by atoms with Gasteiger partial charge >= 0.3 is 6.03 Å². The van der Waals surface area contributed by atoms with Gasteiger partial charge in [-0.1, -0.05) is 38.2 Å². The third-order valence-electron chi connectivity index (χ3n) is 9.58. The summed E-state index contributed by atoms with van der Waals surface area (Å²) in [5.41, 5.74) is 8.43. The number of amides is 4. The minimum absolute atomic E-state index is 0.0246. The Balaban J connectivity index is 1.48. The number of azide groups is 1. The highest BCUT2D eigenvalue weighted by Crippen LogP contribution is 2.33. The zero-order valence-corrected chi connectivity index (χ0v) is 32.6. The first kappa shape index (κ1) is 45.9. The first-order valence-corrected chi connectivity index (χ1v) is 20.1. The highest BCUT2D eigenvalue weighted by atomic mass is 32.2. The van der Waals surface area contributed by atoms with Crippen LogP contribution < -0.4 is 21.3 Å². The van der Waals surface area contributed by atoms with Gasteiger partial charge in [0.25, 0.3) is 0 Å². The summed E-state index contributed by atoms with van der Waals surface area (Å²) < 4.78 is 16.4. The van der Waals surface area contributed by atoms with Gasteiger partial charge in [0.2, 0.25) is 11.8 Å². The maximum Gasteiger partial charge on any atom is 0.315 e. The monoisotopic (exact) mass is 767 g/mol. The number of hydrogen-bond acceptors (Lipinski definition) is 11. The number of nitrogens with zero attached hydrogens (tertiary/aromatic N) is 3. The second-order valence-corrected chi connectivity index (χ2v) is 15.0. The van der Waals surface area contributed by atoms with Crippen molar-refractivity contribution in [1.82, 2.24) is 21.3 Å². The van der Waals surface area contributed by atoms with E-state index in [1.54, 1.807) is 0 Å². The van der Waals surface area contributed by atoms with E-state index < -0.39 is 17.9 Å². The predicted molar refractivity (Wildman–Crippen MR) is 201 cm³/mol. The summed E-state index contributed by atoms with van der Waals surface area (Å²) in [6, 6.07) is -0.411. The van der Waals surface area contributed by atoms with Crippen LogP contribution in [0.2, 0.25) is 0 Å². The van der Waals surface area contributed by atoms with Gasteiger partial charge in [-0.2, -0.15) is 11.8 Å². The number of thioether (sulfide) groups is 1. The van der Waals surface area contributed by atoms with Gasteiger partial charge in [-0.3, -0.25) is 24.0 Å². The van der Waals surface area contributed by atoms with Gasteiger partial charge in [0.05, 0.1) is 44.6 Å². The van der Waals surface area contributed by atoms with Crippen LogP contribution in [0.15, 0.2) is 5.11 Å². The van der Waals surface area contributed by atoms with E-state index in [9.17, 15) is 28.8 Å². The van der Waals surface area contributed by atoms with Gasteiger partial charge in [0.1, 0.15) is 12.4 Å². The molecule has 300 valence electrons. The zero-order valence-electron chi connectivity index (χ0n) is 31.7. The summed E-state index contributed by atoms with van der Waals surface area (Å²) in [7, 11) is 1.51. The van der Waals surface area contributed by atoms with E-state index in [4.69, 9.17) is 19.7 Å². The molecule has 0 aliphatic carbocycles. The van der Waals surface area contributed by atoms with Gasteiger partial charge in [-0.15, -0.1) is 0 Å². The minimum Gasteiger partial charge on any atom is -0.379 e. The Kier molecular flexibility index (Phi) is 23.7. The number of fused-ring (bicyclic) bond motifs is 1. The SMILES string of the molecule is CCC(C)[C@H](NC(=O)CCC(=O)COCCOCCOCCCC(=O)CCCC[C@H]1SC[C@H]2NC(=O)N[C@H]21)C(=O)C[C@@H](CCCCN=[N+]=[N-])C(=O)NC. The standard InChI is InChI=1S/C36H61N7O9S/c1-4-25(2)33(30(46)22-26(35(48)38-3)10-7-8-16-39-43-37)41-32(47)15-14-28(45)23-52-21-20-51-19-18-50-17-9-12-27(44)11-5-6-13-31-34-29(24-53-31)40-36(49)42-34/h25-26,29,31,33-34H,4-24H2,1-3H3,(H,38,48)(H,41,47)(H2,40,42,49)/t25?,26-,29-,31-,33+,34-/m1/s1. The van der Waals surface area contributed by atoms with E-state index in [0.717, 1.165) is 25.0 Å². The van der Waals surface area contributed by atoms with Crippen molar-refractivity contribution >= 4 is 47.0 Å². The molecule has 0 saturated carbocycles. The van der Waals surface area contributed by atoms with Crippen LogP contribution in [0.1, 0.15) is 97.3 Å². The molecule has 53 heavy (non-hydrogen) atoms. The van der Waals surface area contributed by atoms with Crippen molar-refractivity contribution in [2.75, 3.05) is 59.0 Å². The first-order chi connectivity index (χ1) is 25.6. The van der Waals surface area contributed by atoms with Crippen LogP contribution in [0.3, 0.4) is 0 Å². The lowest BCUT2D eigenvalue weighted by Gasteiger charge is -2.25. The number of hydrogen-bond donors (Lipinski definition) is 4. The van der Waals surface area contributed by atoms with Crippen molar-refractivity contribution in [3.8, 4) is 0 Å². The lowest BCUT2D eigenvalue weighted by molar-refractivity contribution is -0.133. The smallest absolute Gasteiger partial charge is 0.315 e. The number of carbonyl (C=O) groups is 6. The normalized spacial score (nSPS) is 19.2. The molecule has 2 heterocycles. The molecule has 4 N–H and O–H groups in total. The predicted octanol–water partition coefficient (Wildman–Crippen LogP) is 3.79. The molecule has 2 rings (SSSR count). The number of rotatable bonds is 32. The topological polar surface area (TPSA) is 227 Å². The molecule has 2 aliphatic rings. The van der Waals surface area contributed by atoms with Crippen LogP contribution in [-0.2, 0) is 38.2 Å². The van der Waals surface area contributed by atoms with E-state index >= 15 is 0 Å². The molecular formula is C36H61N7O9S. The summed E-state index contributed by atoms with van der Waals surface area (Å²) in [4.78, 5) is 77.0. The second-order valence-electron chi connectivity index (χ2n) is 13.7. The van der Waals surface area contributed by atoms with E-state index in [-0.39, 0.29) is 86.4 Å². The lowest BCUT2D eigenvalue weighted by atomic mass is 9.87. The van der Waals surface area contributed by atoms with Crippen LogP contribution in [0, 0.1) is 11.8 Å². The highest BCUT2D eigenvalue weighted by molar-refractivity contribution is 8.00. The van der Waals surface area contributed by atoms with Crippen LogP contribution in [0.4, 0.5) is 4.79 Å². The fraction of sp³-hybridized carbons (Fsp3) is 0.833. The maximum atomic E-state index is 13.2. The minimum atomic E-state index is -0.773. The van der Waals surface area contributed by atoms with E-state index in [0.29, 0.717) is 76.6 Å².